The van der Waals surface area contributed by atoms with Crippen LogP contribution in [-0.2, 0) is 11.8 Å². The van der Waals surface area contributed by atoms with Gasteiger partial charge in [-0.15, -0.1) is 0 Å². The first-order valence-corrected chi connectivity index (χ1v) is 7.94. The zero-order valence-electron chi connectivity index (χ0n) is 14.2. The van der Waals surface area contributed by atoms with Gasteiger partial charge in [0.1, 0.15) is 11.3 Å². The molecule has 0 heterocycles. The second-order valence-electron chi connectivity index (χ2n) is 6.91. The number of benzene rings is 2. The van der Waals surface area contributed by atoms with Gasteiger partial charge in [0.25, 0.3) is 0 Å². The van der Waals surface area contributed by atoms with Crippen molar-refractivity contribution in [2.24, 2.45) is 0 Å². The average molecular weight is 312 g/mol. The standard InChI is InChI=1S/C20H24O3/c1-5-6-14-11-15(12-17(18(14)21)19(22)23)13-7-9-16(10-8-13)20(2,3)4/h7-12,21H,5-6H2,1-4H3,(H,22,23). The predicted molar refractivity (Wildman–Crippen MR) is 93.2 cm³/mol. The van der Waals surface area contributed by atoms with Crippen molar-refractivity contribution in [3.63, 3.8) is 0 Å². The van der Waals surface area contributed by atoms with E-state index in [4.69, 9.17) is 0 Å². The highest BCUT2D eigenvalue weighted by atomic mass is 16.4. The molecule has 2 aromatic rings. The van der Waals surface area contributed by atoms with Crippen LogP contribution in [0.1, 0.15) is 55.6 Å². The van der Waals surface area contributed by atoms with Crippen molar-refractivity contribution >= 4 is 5.97 Å². The molecule has 0 aliphatic carbocycles. The van der Waals surface area contributed by atoms with E-state index in [0.717, 1.165) is 17.5 Å². The Bertz CT molecular complexity index is 707. The van der Waals surface area contributed by atoms with Gasteiger partial charge in [-0.25, -0.2) is 4.79 Å². The van der Waals surface area contributed by atoms with Crippen molar-refractivity contribution < 1.29 is 15.0 Å². The Kier molecular flexibility index (Phi) is 4.79. The van der Waals surface area contributed by atoms with Crippen LogP contribution < -0.4 is 0 Å². The van der Waals surface area contributed by atoms with Gasteiger partial charge in [0.15, 0.2) is 0 Å². The molecule has 0 atom stereocenters. The first kappa shape index (κ1) is 17.1. The molecular formula is C20H24O3. The quantitative estimate of drug-likeness (QED) is 0.834. The summed E-state index contributed by atoms with van der Waals surface area (Å²) in [4.78, 5) is 11.4. The zero-order chi connectivity index (χ0) is 17.2. The number of rotatable bonds is 4. The van der Waals surface area contributed by atoms with Crippen LogP contribution in [0.25, 0.3) is 11.1 Å². The van der Waals surface area contributed by atoms with Crippen LogP contribution in [0.15, 0.2) is 36.4 Å². The molecule has 0 amide bonds. The minimum atomic E-state index is -1.10. The van der Waals surface area contributed by atoms with Gasteiger partial charge in [-0.05, 0) is 46.2 Å². The van der Waals surface area contributed by atoms with Crippen LogP contribution >= 0.6 is 0 Å². The molecule has 0 spiro atoms. The monoisotopic (exact) mass is 312 g/mol. The summed E-state index contributed by atoms with van der Waals surface area (Å²) in [5, 5.41) is 19.5. The third-order valence-electron chi connectivity index (χ3n) is 4.02. The molecule has 0 radical (unpaired) electrons. The molecule has 0 unspecified atom stereocenters. The van der Waals surface area contributed by atoms with Crippen molar-refractivity contribution in [1.82, 2.24) is 0 Å². The first-order chi connectivity index (χ1) is 10.7. The van der Waals surface area contributed by atoms with E-state index < -0.39 is 5.97 Å². The molecule has 0 aliphatic rings. The Balaban J connectivity index is 2.52. The SMILES string of the molecule is CCCc1cc(-c2ccc(C(C)(C)C)cc2)cc(C(=O)O)c1O. The Labute approximate surface area is 137 Å². The highest BCUT2D eigenvalue weighted by molar-refractivity contribution is 5.93. The van der Waals surface area contributed by atoms with E-state index in [2.05, 4.69) is 32.9 Å². The highest BCUT2D eigenvalue weighted by Crippen LogP contribution is 2.32. The minimum absolute atomic E-state index is 0.0363. The maximum atomic E-state index is 11.4. The van der Waals surface area contributed by atoms with Crippen LogP contribution in [0.3, 0.4) is 0 Å². The van der Waals surface area contributed by atoms with E-state index in [9.17, 15) is 15.0 Å². The normalized spacial score (nSPS) is 11.5. The summed E-state index contributed by atoms with van der Waals surface area (Å²) < 4.78 is 0. The summed E-state index contributed by atoms with van der Waals surface area (Å²) >= 11 is 0. The van der Waals surface area contributed by atoms with Crippen molar-refractivity contribution in [1.29, 1.82) is 0 Å². The van der Waals surface area contributed by atoms with Crippen molar-refractivity contribution in [2.45, 2.75) is 46.0 Å². The Hall–Kier alpha value is -2.29. The van der Waals surface area contributed by atoms with E-state index in [1.165, 1.54) is 5.56 Å². The van der Waals surface area contributed by atoms with Gasteiger partial charge in [0, 0.05) is 0 Å². The molecule has 0 saturated carbocycles. The topological polar surface area (TPSA) is 57.5 Å². The molecule has 0 aromatic heterocycles. The van der Waals surface area contributed by atoms with Crippen LogP contribution in [0.4, 0.5) is 0 Å². The number of aromatic hydroxyl groups is 1. The third-order valence-corrected chi connectivity index (χ3v) is 4.02. The number of carbonyl (C=O) groups is 1. The summed E-state index contributed by atoms with van der Waals surface area (Å²) in [6.45, 7) is 8.48. The van der Waals surface area contributed by atoms with E-state index in [0.29, 0.717) is 12.0 Å². The van der Waals surface area contributed by atoms with Gasteiger partial charge in [0.05, 0.1) is 0 Å². The lowest BCUT2D eigenvalue weighted by Gasteiger charge is -2.19. The number of aryl methyl sites for hydroxylation is 1. The number of hydrogen-bond donors (Lipinski definition) is 2. The molecule has 2 N–H and O–H groups in total. The van der Waals surface area contributed by atoms with Gasteiger partial charge < -0.3 is 10.2 Å². The Morgan fingerprint density at radius 2 is 1.65 bits per heavy atom. The first-order valence-electron chi connectivity index (χ1n) is 7.94. The highest BCUT2D eigenvalue weighted by Gasteiger charge is 2.17. The van der Waals surface area contributed by atoms with Gasteiger partial charge >= 0.3 is 5.97 Å². The van der Waals surface area contributed by atoms with Gasteiger partial charge in [0.2, 0.25) is 0 Å². The average Bonchev–Trinajstić information content (AvgIpc) is 2.48. The van der Waals surface area contributed by atoms with Crippen LogP contribution in [0.5, 0.6) is 5.75 Å². The van der Waals surface area contributed by atoms with Gasteiger partial charge in [-0.3, -0.25) is 0 Å². The molecule has 0 saturated heterocycles. The molecule has 122 valence electrons. The molecule has 3 heteroatoms. The second-order valence-corrected chi connectivity index (χ2v) is 6.91. The lowest BCUT2D eigenvalue weighted by molar-refractivity contribution is 0.0693. The largest absolute Gasteiger partial charge is 0.507 e. The summed E-state index contributed by atoms with van der Waals surface area (Å²) in [6.07, 6.45) is 1.50. The fourth-order valence-electron chi connectivity index (χ4n) is 2.65. The molecular weight excluding hydrogens is 288 g/mol. The van der Waals surface area contributed by atoms with E-state index in [1.807, 2.05) is 25.1 Å². The van der Waals surface area contributed by atoms with Crippen LogP contribution in [0.2, 0.25) is 0 Å². The van der Waals surface area contributed by atoms with E-state index in [1.54, 1.807) is 6.07 Å². The molecule has 2 aromatic carbocycles. The molecule has 0 fully saturated rings. The summed E-state index contributed by atoms with van der Waals surface area (Å²) in [5.41, 5.74) is 3.73. The van der Waals surface area contributed by atoms with Gasteiger partial charge in [-0.2, -0.15) is 0 Å². The fraction of sp³-hybridized carbons (Fsp3) is 0.350. The van der Waals surface area contributed by atoms with Crippen molar-refractivity contribution in [3.05, 3.63) is 53.1 Å². The summed E-state index contributed by atoms with van der Waals surface area (Å²) in [7, 11) is 0. The number of hydrogen-bond acceptors (Lipinski definition) is 2. The number of carboxylic acid groups (broad SMARTS) is 1. The Morgan fingerprint density at radius 3 is 2.13 bits per heavy atom. The lowest BCUT2D eigenvalue weighted by atomic mass is 9.86. The molecule has 0 aliphatic heterocycles. The molecule has 23 heavy (non-hydrogen) atoms. The van der Waals surface area contributed by atoms with E-state index in [-0.39, 0.29) is 16.7 Å². The van der Waals surface area contributed by atoms with Gasteiger partial charge in [-0.1, -0.05) is 58.4 Å². The maximum absolute atomic E-state index is 11.4. The Morgan fingerprint density at radius 1 is 1.04 bits per heavy atom. The zero-order valence-corrected chi connectivity index (χ0v) is 14.2. The second kappa shape index (κ2) is 6.45. The van der Waals surface area contributed by atoms with Crippen molar-refractivity contribution in [3.8, 4) is 16.9 Å². The van der Waals surface area contributed by atoms with Crippen LogP contribution in [-0.4, -0.2) is 16.2 Å². The number of aromatic carboxylic acids is 1. The minimum Gasteiger partial charge on any atom is -0.507 e. The van der Waals surface area contributed by atoms with Crippen LogP contribution in [0, 0.1) is 0 Å². The molecule has 2 rings (SSSR count). The molecule has 0 bridgehead atoms. The van der Waals surface area contributed by atoms with Crippen molar-refractivity contribution in [2.75, 3.05) is 0 Å². The predicted octanol–water partition coefficient (Wildman–Crippen LogP) is 5.01. The fourth-order valence-corrected chi connectivity index (χ4v) is 2.65. The van der Waals surface area contributed by atoms with E-state index >= 15 is 0 Å². The number of phenols is 1. The maximum Gasteiger partial charge on any atom is 0.339 e. The number of carboxylic acids is 1. The summed E-state index contributed by atoms with van der Waals surface area (Å²) in [5.74, 6) is -1.22. The smallest absolute Gasteiger partial charge is 0.339 e. The third kappa shape index (κ3) is 3.73. The molecule has 3 nitrogen and oxygen atoms in total. The lowest BCUT2D eigenvalue weighted by Crippen LogP contribution is -2.10. The summed E-state index contributed by atoms with van der Waals surface area (Å²) in [6, 6.07) is 11.6.